The van der Waals surface area contributed by atoms with Crippen molar-refractivity contribution in [3.8, 4) is 0 Å². The van der Waals surface area contributed by atoms with E-state index in [1.807, 2.05) is 0 Å². The van der Waals surface area contributed by atoms with Crippen molar-refractivity contribution in [3.63, 3.8) is 0 Å². The molecule has 0 bridgehead atoms. The second kappa shape index (κ2) is 2.84. The zero-order valence-electron chi connectivity index (χ0n) is 5.94. The summed E-state index contributed by atoms with van der Waals surface area (Å²) in [7, 11) is 1.76. The number of likely N-dealkylation sites (N-methyl/N-ethyl adjacent to an activating group) is 1. The lowest BCUT2D eigenvalue weighted by Gasteiger charge is -2.18. The first-order valence-electron chi connectivity index (χ1n) is 3.34. The Bertz CT molecular complexity index is 120. The van der Waals surface area contributed by atoms with Gasteiger partial charge in [0.1, 0.15) is 0 Å². The zero-order chi connectivity index (χ0) is 7.72. The van der Waals surface area contributed by atoms with Crippen LogP contribution in [0.1, 0.15) is 0 Å². The van der Waals surface area contributed by atoms with Gasteiger partial charge in [0, 0.05) is 6.54 Å². The molecule has 1 rings (SSSR count). The van der Waals surface area contributed by atoms with Gasteiger partial charge in [0.15, 0.2) is 0 Å². The number of aliphatic hydroxyl groups excluding tert-OH is 3. The van der Waals surface area contributed by atoms with Crippen LogP contribution in [0.5, 0.6) is 0 Å². The van der Waals surface area contributed by atoms with E-state index in [2.05, 4.69) is 0 Å². The van der Waals surface area contributed by atoms with Gasteiger partial charge in [0.2, 0.25) is 0 Å². The maximum Gasteiger partial charge on any atom is 0.0988 e. The highest BCUT2D eigenvalue weighted by atomic mass is 16.3. The summed E-state index contributed by atoms with van der Waals surface area (Å²) >= 11 is 0. The van der Waals surface area contributed by atoms with Crippen molar-refractivity contribution in [1.29, 1.82) is 0 Å². The fraction of sp³-hybridized carbons (Fsp3) is 1.00. The highest BCUT2D eigenvalue weighted by molar-refractivity contribution is 4.90. The number of β-amino-alcohol motifs (C(OH)–C–C–N with tert-alkyl or cyclic N) is 1. The minimum atomic E-state index is -0.796. The molecule has 10 heavy (non-hydrogen) atoms. The van der Waals surface area contributed by atoms with Crippen LogP contribution in [0.2, 0.25) is 0 Å². The average Bonchev–Trinajstić information content (AvgIpc) is 2.09. The lowest BCUT2D eigenvalue weighted by atomic mass is 10.1. The van der Waals surface area contributed by atoms with Gasteiger partial charge in [-0.1, -0.05) is 0 Å². The number of hydrogen-bond acceptors (Lipinski definition) is 4. The van der Waals surface area contributed by atoms with Crippen LogP contribution in [0, 0.1) is 0 Å². The molecule has 4 heteroatoms. The molecular weight excluding hydrogens is 134 g/mol. The maximum absolute atomic E-state index is 9.18. The molecule has 3 N–H and O–H groups in total. The fourth-order valence-electron chi connectivity index (χ4n) is 1.30. The Morgan fingerprint density at radius 3 is 2.30 bits per heavy atom. The summed E-state index contributed by atoms with van der Waals surface area (Å²) in [4.78, 5) is 1.75. The van der Waals surface area contributed by atoms with Gasteiger partial charge in [-0.3, -0.25) is 4.90 Å². The van der Waals surface area contributed by atoms with Crippen LogP contribution in [0.3, 0.4) is 0 Å². The number of likely N-dealkylation sites (tertiary alicyclic amines) is 1. The molecule has 1 aliphatic heterocycles. The SMILES string of the molecule is CN1C[C@H](O)[C@H](O)C1CO. The first-order valence-corrected chi connectivity index (χ1v) is 3.34. The summed E-state index contributed by atoms with van der Waals surface area (Å²) in [5.74, 6) is 0. The van der Waals surface area contributed by atoms with Crippen molar-refractivity contribution in [1.82, 2.24) is 4.90 Å². The van der Waals surface area contributed by atoms with Crippen LogP contribution in [-0.2, 0) is 0 Å². The molecule has 0 saturated carbocycles. The molecule has 0 amide bonds. The highest BCUT2D eigenvalue weighted by Crippen LogP contribution is 2.15. The van der Waals surface area contributed by atoms with E-state index >= 15 is 0 Å². The van der Waals surface area contributed by atoms with Crippen molar-refractivity contribution in [2.24, 2.45) is 0 Å². The van der Waals surface area contributed by atoms with E-state index in [0.29, 0.717) is 6.54 Å². The molecule has 1 saturated heterocycles. The van der Waals surface area contributed by atoms with E-state index in [-0.39, 0.29) is 12.6 Å². The van der Waals surface area contributed by atoms with Crippen LogP contribution < -0.4 is 0 Å². The molecule has 3 atom stereocenters. The molecule has 0 aliphatic carbocycles. The molecule has 1 fully saturated rings. The van der Waals surface area contributed by atoms with Gasteiger partial charge in [-0.15, -0.1) is 0 Å². The second-order valence-corrected chi connectivity index (χ2v) is 2.75. The predicted octanol–water partition coefficient (Wildman–Crippen LogP) is -1.99. The van der Waals surface area contributed by atoms with Gasteiger partial charge in [-0.25, -0.2) is 0 Å². The van der Waals surface area contributed by atoms with Crippen molar-refractivity contribution < 1.29 is 15.3 Å². The third kappa shape index (κ3) is 1.15. The predicted molar refractivity (Wildman–Crippen MR) is 35.5 cm³/mol. The molecule has 0 aromatic rings. The first-order chi connectivity index (χ1) is 4.66. The number of aliphatic hydroxyl groups is 3. The van der Waals surface area contributed by atoms with E-state index in [4.69, 9.17) is 10.2 Å². The van der Waals surface area contributed by atoms with E-state index in [9.17, 15) is 5.11 Å². The summed E-state index contributed by atoms with van der Waals surface area (Å²) in [5, 5.41) is 27.0. The van der Waals surface area contributed by atoms with Gasteiger partial charge in [-0.2, -0.15) is 0 Å². The Balaban J connectivity index is 2.55. The molecule has 60 valence electrons. The molecule has 0 aromatic carbocycles. The largest absolute Gasteiger partial charge is 0.395 e. The lowest BCUT2D eigenvalue weighted by molar-refractivity contribution is 0.0237. The smallest absolute Gasteiger partial charge is 0.0988 e. The Kier molecular flexibility index (Phi) is 2.25. The van der Waals surface area contributed by atoms with Crippen LogP contribution in [-0.4, -0.2) is 58.7 Å². The molecule has 0 spiro atoms. The van der Waals surface area contributed by atoms with Gasteiger partial charge in [0.05, 0.1) is 24.9 Å². The molecule has 1 heterocycles. The third-order valence-corrected chi connectivity index (χ3v) is 2.02. The van der Waals surface area contributed by atoms with Crippen molar-refractivity contribution in [2.45, 2.75) is 18.2 Å². The fourth-order valence-corrected chi connectivity index (χ4v) is 1.30. The minimum Gasteiger partial charge on any atom is -0.395 e. The average molecular weight is 147 g/mol. The monoisotopic (exact) mass is 147 g/mol. The standard InChI is InChI=1S/C6H13NO3/c1-7-2-5(9)6(10)4(7)3-8/h4-6,8-10H,2-3H2,1H3/t4?,5-,6+/m0/s1. The number of nitrogens with zero attached hydrogens (tertiary/aromatic N) is 1. The third-order valence-electron chi connectivity index (χ3n) is 2.02. The topological polar surface area (TPSA) is 63.9 Å². The van der Waals surface area contributed by atoms with Gasteiger partial charge in [0.25, 0.3) is 0 Å². The van der Waals surface area contributed by atoms with Crippen LogP contribution in [0.4, 0.5) is 0 Å². The normalized spacial score (nSPS) is 42.6. The Morgan fingerprint density at radius 1 is 1.50 bits per heavy atom. The molecule has 1 aliphatic rings. The van der Waals surface area contributed by atoms with Crippen LogP contribution in [0.15, 0.2) is 0 Å². The second-order valence-electron chi connectivity index (χ2n) is 2.75. The van der Waals surface area contributed by atoms with E-state index in [0.717, 1.165) is 0 Å². The molecule has 0 aromatic heterocycles. The van der Waals surface area contributed by atoms with E-state index in [1.54, 1.807) is 11.9 Å². The van der Waals surface area contributed by atoms with E-state index < -0.39 is 12.2 Å². The molecule has 1 unspecified atom stereocenters. The van der Waals surface area contributed by atoms with Crippen LogP contribution >= 0.6 is 0 Å². The zero-order valence-corrected chi connectivity index (χ0v) is 5.94. The summed E-state index contributed by atoms with van der Waals surface area (Å²) in [6.45, 7) is 0.334. The van der Waals surface area contributed by atoms with Gasteiger partial charge in [-0.05, 0) is 7.05 Å². The summed E-state index contributed by atoms with van der Waals surface area (Å²) in [6.07, 6.45) is -1.50. The van der Waals surface area contributed by atoms with Gasteiger partial charge < -0.3 is 15.3 Å². The molecule has 4 nitrogen and oxygen atoms in total. The summed E-state index contributed by atoms with van der Waals surface area (Å²) in [6, 6.07) is -0.296. The Labute approximate surface area is 59.7 Å². The quantitative estimate of drug-likeness (QED) is 0.402. The number of rotatable bonds is 1. The van der Waals surface area contributed by atoms with Crippen molar-refractivity contribution >= 4 is 0 Å². The van der Waals surface area contributed by atoms with E-state index in [1.165, 1.54) is 0 Å². The summed E-state index contributed by atoms with van der Waals surface area (Å²) in [5.41, 5.74) is 0. The number of hydrogen-bond donors (Lipinski definition) is 3. The van der Waals surface area contributed by atoms with Crippen molar-refractivity contribution in [3.05, 3.63) is 0 Å². The van der Waals surface area contributed by atoms with Crippen molar-refractivity contribution in [2.75, 3.05) is 20.2 Å². The Morgan fingerprint density at radius 2 is 2.10 bits per heavy atom. The molecule has 0 radical (unpaired) electrons. The maximum atomic E-state index is 9.18. The van der Waals surface area contributed by atoms with Crippen LogP contribution in [0.25, 0.3) is 0 Å². The Hall–Kier alpha value is -0.160. The molecular formula is C6H13NO3. The lowest BCUT2D eigenvalue weighted by Crippen LogP contribution is -2.36. The summed E-state index contributed by atoms with van der Waals surface area (Å²) < 4.78 is 0. The minimum absolute atomic E-state index is 0.102. The highest BCUT2D eigenvalue weighted by Gasteiger charge is 2.36. The first kappa shape index (κ1) is 7.94. The van der Waals surface area contributed by atoms with Gasteiger partial charge >= 0.3 is 0 Å².